The standard InChI is InChI=1S/C19H20N2O2/c22-16-5-7-18-15(11-16)9-10-21(18)12-13-1-3-14(4-2-13)17-6-8-19(23)20-17/h1-5,7,11,17,22H,6,8-10,12H2,(H,20,23). The summed E-state index contributed by atoms with van der Waals surface area (Å²) in [7, 11) is 0. The van der Waals surface area contributed by atoms with Crippen LogP contribution in [-0.2, 0) is 17.8 Å². The molecule has 2 aromatic carbocycles. The lowest BCUT2D eigenvalue weighted by atomic mass is 10.0. The van der Waals surface area contributed by atoms with Crippen molar-refractivity contribution in [1.82, 2.24) is 5.32 Å². The Morgan fingerprint density at radius 2 is 1.96 bits per heavy atom. The maximum absolute atomic E-state index is 11.3. The van der Waals surface area contributed by atoms with E-state index < -0.39 is 0 Å². The van der Waals surface area contributed by atoms with Gasteiger partial charge >= 0.3 is 0 Å². The molecule has 1 saturated heterocycles. The van der Waals surface area contributed by atoms with E-state index in [2.05, 4.69) is 34.5 Å². The van der Waals surface area contributed by atoms with Gasteiger partial charge in [0, 0.05) is 25.2 Å². The zero-order valence-corrected chi connectivity index (χ0v) is 13.0. The van der Waals surface area contributed by atoms with E-state index in [4.69, 9.17) is 0 Å². The third-order valence-electron chi connectivity index (χ3n) is 4.81. The molecular formula is C19H20N2O2. The second-order valence-corrected chi connectivity index (χ2v) is 6.38. The van der Waals surface area contributed by atoms with Gasteiger partial charge in [-0.05, 0) is 47.7 Å². The average molecular weight is 308 g/mol. The minimum absolute atomic E-state index is 0.149. The van der Waals surface area contributed by atoms with E-state index in [1.807, 2.05) is 12.1 Å². The van der Waals surface area contributed by atoms with Crippen LogP contribution in [-0.4, -0.2) is 17.6 Å². The van der Waals surface area contributed by atoms with Crippen LogP contribution in [0.2, 0.25) is 0 Å². The van der Waals surface area contributed by atoms with Gasteiger partial charge in [-0.3, -0.25) is 4.79 Å². The third-order valence-corrected chi connectivity index (χ3v) is 4.81. The number of nitrogens with one attached hydrogen (secondary N) is 1. The molecule has 2 aliphatic heterocycles. The number of phenolic OH excluding ortho intramolecular Hbond substituents is 1. The quantitative estimate of drug-likeness (QED) is 0.916. The highest BCUT2D eigenvalue weighted by Gasteiger charge is 2.22. The Bertz CT molecular complexity index is 740. The summed E-state index contributed by atoms with van der Waals surface area (Å²) in [5.41, 5.74) is 4.88. The summed E-state index contributed by atoms with van der Waals surface area (Å²) >= 11 is 0. The highest BCUT2D eigenvalue weighted by Crippen LogP contribution is 2.32. The van der Waals surface area contributed by atoms with Crippen molar-refractivity contribution in [3.05, 3.63) is 59.2 Å². The average Bonchev–Trinajstić information content (AvgIpc) is 3.15. The highest BCUT2D eigenvalue weighted by molar-refractivity contribution is 5.78. The number of anilines is 1. The lowest BCUT2D eigenvalue weighted by molar-refractivity contribution is -0.119. The number of carbonyl (C=O) groups excluding carboxylic acids is 1. The summed E-state index contributed by atoms with van der Waals surface area (Å²) in [4.78, 5) is 13.7. The molecule has 0 aliphatic carbocycles. The Morgan fingerprint density at radius 1 is 1.13 bits per heavy atom. The summed E-state index contributed by atoms with van der Waals surface area (Å²) in [5.74, 6) is 0.490. The molecule has 4 rings (SSSR count). The number of hydrogen-bond acceptors (Lipinski definition) is 3. The Balaban J connectivity index is 1.47. The van der Waals surface area contributed by atoms with Crippen LogP contribution in [0.3, 0.4) is 0 Å². The Kier molecular flexibility index (Phi) is 3.45. The van der Waals surface area contributed by atoms with Gasteiger partial charge in [0.1, 0.15) is 5.75 Å². The van der Waals surface area contributed by atoms with Gasteiger partial charge in [0.05, 0.1) is 6.04 Å². The molecule has 1 amide bonds. The molecule has 0 aromatic heterocycles. The van der Waals surface area contributed by atoms with Gasteiger partial charge in [0.2, 0.25) is 5.91 Å². The second-order valence-electron chi connectivity index (χ2n) is 6.38. The molecule has 1 fully saturated rings. The van der Waals surface area contributed by atoms with E-state index in [-0.39, 0.29) is 11.9 Å². The van der Waals surface area contributed by atoms with Crippen molar-refractivity contribution < 1.29 is 9.90 Å². The first-order valence-electron chi connectivity index (χ1n) is 8.14. The molecule has 2 aromatic rings. The van der Waals surface area contributed by atoms with Gasteiger partial charge in [-0.15, -0.1) is 0 Å². The van der Waals surface area contributed by atoms with E-state index in [0.29, 0.717) is 12.2 Å². The van der Waals surface area contributed by atoms with Gasteiger partial charge in [-0.25, -0.2) is 0 Å². The molecule has 4 nitrogen and oxygen atoms in total. The summed E-state index contributed by atoms with van der Waals surface area (Å²) < 4.78 is 0. The number of fused-ring (bicyclic) bond motifs is 1. The van der Waals surface area contributed by atoms with Crippen molar-refractivity contribution in [2.75, 3.05) is 11.4 Å². The van der Waals surface area contributed by atoms with Crippen LogP contribution in [0.4, 0.5) is 5.69 Å². The van der Waals surface area contributed by atoms with E-state index in [0.717, 1.165) is 25.9 Å². The van der Waals surface area contributed by atoms with Crippen LogP contribution < -0.4 is 10.2 Å². The normalized spacial score (nSPS) is 19.7. The van der Waals surface area contributed by atoms with E-state index >= 15 is 0 Å². The summed E-state index contributed by atoms with van der Waals surface area (Å²) in [5, 5.41) is 12.6. The molecule has 118 valence electrons. The number of nitrogens with zero attached hydrogens (tertiary/aromatic N) is 1. The lowest BCUT2D eigenvalue weighted by Crippen LogP contribution is -2.20. The molecule has 1 atom stereocenters. The molecule has 23 heavy (non-hydrogen) atoms. The predicted molar refractivity (Wildman–Crippen MR) is 89.4 cm³/mol. The molecule has 2 heterocycles. The number of phenols is 1. The van der Waals surface area contributed by atoms with Gasteiger partial charge in [-0.2, -0.15) is 0 Å². The van der Waals surface area contributed by atoms with Crippen molar-refractivity contribution in [2.24, 2.45) is 0 Å². The molecule has 2 N–H and O–H groups in total. The first-order chi connectivity index (χ1) is 11.2. The minimum Gasteiger partial charge on any atom is -0.508 e. The summed E-state index contributed by atoms with van der Waals surface area (Å²) in [6.07, 6.45) is 2.50. The number of carbonyl (C=O) groups is 1. The maximum atomic E-state index is 11.3. The largest absolute Gasteiger partial charge is 0.508 e. The smallest absolute Gasteiger partial charge is 0.220 e. The summed E-state index contributed by atoms with van der Waals surface area (Å²) in [6.45, 7) is 1.86. The fourth-order valence-electron chi connectivity index (χ4n) is 3.56. The zero-order valence-electron chi connectivity index (χ0n) is 13.0. The number of benzene rings is 2. The lowest BCUT2D eigenvalue weighted by Gasteiger charge is -2.20. The van der Waals surface area contributed by atoms with Crippen molar-refractivity contribution in [1.29, 1.82) is 0 Å². The molecule has 0 spiro atoms. The van der Waals surface area contributed by atoms with Crippen LogP contribution in [0.15, 0.2) is 42.5 Å². The molecule has 0 radical (unpaired) electrons. The molecule has 2 aliphatic rings. The third kappa shape index (κ3) is 2.77. The maximum Gasteiger partial charge on any atom is 0.220 e. The van der Waals surface area contributed by atoms with Crippen LogP contribution in [0, 0.1) is 0 Å². The number of hydrogen-bond donors (Lipinski definition) is 2. The SMILES string of the molecule is O=C1CCC(c2ccc(CN3CCc4cc(O)ccc43)cc2)N1. The van der Waals surface area contributed by atoms with Crippen molar-refractivity contribution >= 4 is 11.6 Å². The fourth-order valence-corrected chi connectivity index (χ4v) is 3.56. The highest BCUT2D eigenvalue weighted by atomic mass is 16.3. The Labute approximate surface area is 135 Å². The van der Waals surface area contributed by atoms with Crippen molar-refractivity contribution in [3.63, 3.8) is 0 Å². The fraction of sp³-hybridized carbons (Fsp3) is 0.316. The monoisotopic (exact) mass is 308 g/mol. The second kappa shape index (κ2) is 5.61. The van der Waals surface area contributed by atoms with Crippen molar-refractivity contribution in [2.45, 2.75) is 31.8 Å². The van der Waals surface area contributed by atoms with Crippen LogP contribution in [0.25, 0.3) is 0 Å². The zero-order chi connectivity index (χ0) is 15.8. The van der Waals surface area contributed by atoms with Crippen LogP contribution in [0.1, 0.15) is 35.6 Å². The predicted octanol–water partition coefficient (Wildman–Crippen LogP) is 2.91. The number of aromatic hydroxyl groups is 1. The molecule has 1 unspecified atom stereocenters. The first kappa shape index (κ1) is 14.1. The van der Waals surface area contributed by atoms with E-state index in [1.165, 1.54) is 22.4 Å². The summed E-state index contributed by atoms with van der Waals surface area (Å²) in [6, 6.07) is 14.3. The topological polar surface area (TPSA) is 52.6 Å². The first-order valence-corrected chi connectivity index (χ1v) is 8.14. The van der Waals surface area contributed by atoms with Crippen LogP contribution in [0.5, 0.6) is 5.75 Å². The molecule has 0 bridgehead atoms. The minimum atomic E-state index is 0.149. The van der Waals surface area contributed by atoms with Gasteiger partial charge in [0.25, 0.3) is 0 Å². The van der Waals surface area contributed by atoms with Crippen LogP contribution >= 0.6 is 0 Å². The Morgan fingerprint density at radius 3 is 2.70 bits per heavy atom. The Hall–Kier alpha value is -2.49. The number of amides is 1. The van der Waals surface area contributed by atoms with Gasteiger partial charge in [0.15, 0.2) is 0 Å². The number of rotatable bonds is 3. The van der Waals surface area contributed by atoms with E-state index in [1.54, 1.807) is 6.07 Å². The van der Waals surface area contributed by atoms with Crippen molar-refractivity contribution in [3.8, 4) is 5.75 Å². The van der Waals surface area contributed by atoms with Gasteiger partial charge < -0.3 is 15.3 Å². The van der Waals surface area contributed by atoms with Gasteiger partial charge in [-0.1, -0.05) is 24.3 Å². The molecular weight excluding hydrogens is 288 g/mol. The van der Waals surface area contributed by atoms with E-state index in [9.17, 15) is 9.90 Å². The molecule has 0 saturated carbocycles. The molecule has 4 heteroatoms.